The van der Waals surface area contributed by atoms with Crippen molar-refractivity contribution < 1.29 is 4.39 Å². The number of hydrogen-bond acceptors (Lipinski definition) is 2. The lowest BCUT2D eigenvalue weighted by molar-refractivity contribution is 0.612. The average Bonchev–Trinajstić information content (AvgIpc) is 2.85. The zero-order valence-electron chi connectivity index (χ0n) is 9.95. The molecule has 2 N–H and O–H groups in total. The van der Waals surface area contributed by atoms with Crippen LogP contribution < -0.4 is 5.32 Å². The van der Waals surface area contributed by atoms with Gasteiger partial charge in [0.05, 0.1) is 11.7 Å². The number of H-pyrrole nitrogens is 1. The van der Waals surface area contributed by atoms with E-state index in [1.807, 2.05) is 24.3 Å². The molecule has 2 aromatic carbocycles. The van der Waals surface area contributed by atoms with Gasteiger partial charge in [-0.3, -0.25) is 5.10 Å². The molecule has 3 aromatic rings. The SMILES string of the molecule is Fc1cc(Br)ccc1CNc1ccc2[nH]ncc2c1. The third-order valence-corrected chi connectivity index (χ3v) is 3.43. The van der Waals surface area contributed by atoms with Crippen molar-refractivity contribution in [2.45, 2.75) is 6.54 Å². The molecule has 0 aliphatic carbocycles. The van der Waals surface area contributed by atoms with E-state index in [0.29, 0.717) is 12.1 Å². The van der Waals surface area contributed by atoms with Crippen LogP contribution in [0.5, 0.6) is 0 Å². The largest absolute Gasteiger partial charge is 0.381 e. The summed E-state index contributed by atoms with van der Waals surface area (Å²) in [5.74, 6) is -0.216. The molecule has 1 heterocycles. The highest BCUT2D eigenvalue weighted by molar-refractivity contribution is 9.10. The van der Waals surface area contributed by atoms with Crippen molar-refractivity contribution in [2.24, 2.45) is 0 Å². The molecule has 0 aliphatic heterocycles. The Morgan fingerprint density at radius 1 is 1.21 bits per heavy atom. The number of rotatable bonds is 3. The molecular formula is C14H11BrFN3. The fourth-order valence-electron chi connectivity index (χ4n) is 1.92. The lowest BCUT2D eigenvalue weighted by atomic mass is 10.2. The Morgan fingerprint density at radius 3 is 2.95 bits per heavy atom. The number of anilines is 1. The highest BCUT2D eigenvalue weighted by Gasteiger charge is 2.03. The minimum absolute atomic E-state index is 0.216. The molecule has 0 aliphatic rings. The van der Waals surface area contributed by atoms with Crippen LogP contribution in [-0.2, 0) is 6.54 Å². The van der Waals surface area contributed by atoms with Gasteiger partial charge >= 0.3 is 0 Å². The summed E-state index contributed by atoms with van der Waals surface area (Å²) in [4.78, 5) is 0. The molecule has 0 bridgehead atoms. The Balaban J connectivity index is 1.77. The predicted octanol–water partition coefficient (Wildman–Crippen LogP) is 4.08. The van der Waals surface area contributed by atoms with E-state index in [2.05, 4.69) is 31.4 Å². The second kappa shape index (κ2) is 5.01. The molecular weight excluding hydrogens is 309 g/mol. The van der Waals surface area contributed by atoms with E-state index in [-0.39, 0.29) is 5.82 Å². The monoisotopic (exact) mass is 319 g/mol. The highest BCUT2D eigenvalue weighted by atomic mass is 79.9. The summed E-state index contributed by atoms with van der Waals surface area (Å²) >= 11 is 3.24. The van der Waals surface area contributed by atoms with Crippen molar-refractivity contribution in [1.29, 1.82) is 0 Å². The number of hydrogen-bond donors (Lipinski definition) is 2. The van der Waals surface area contributed by atoms with Gasteiger partial charge in [0.1, 0.15) is 5.82 Å². The maximum atomic E-state index is 13.7. The lowest BCUT2D eigenvalue weighted by Gasteiger charge is -2.08. The molecule has 0 saturated heterocycles. The van der Waals surface area contributed by atoms with Crippen molar-refractivity contribution in [3.63, 3.8) is 0 Å². The van der Waals surface area contributed by atoms with E-state index < -0.39 is 0 Å². The fourth-order valence-corrected chi connectivity index (χ4v) is 2.25. The Kier molecular flexibility index (Phi) is 3.21. The molecule has 1 aromatic heterocycles. The van der Waals surface area contributed by atoms with Crippen LogP contribution in [0.4, 0.5) is 10.1 Å². The molecule has 0 saturated carbocycles. The minimum Gasteiger partial charge on any atom is -0.381 e. The molecule has 0 amide bonds. The molecule has 3 nitrogen and oxygen atoms in total. The molecule has 5 heteroatoms. The van der Waals surface area contributed by atoms with Crippen LogP contribution in [0.15, 0.2) is 47.1 Å². The first kappa shape index (κ1) is 12.2. The molecule has 0 radical (unpaired) electrons. The number of fused-ring (bicyclic) bond motifs is 1. The van der Waals surface area contributed by atoms with Gasteiger partial charge < -0.3 is 5.32 Å². The Labute approximate surface area is 118 Å². The normalized spacial score (nSPS) is 10.8. The molecule has 19 heavy (non-hydrogen) atoms. The van der Waals surface area contributed by atoms with Gasteiger partial charge in [-0.05, 0) is 30.3 Å². The summed E-state index contributed by atoms with van der Waals surface area (Å²) in [6.07, 6.45) is 1.76. The van der Waals surface area contributed by atoms with E-state index in [1.54, 1.807) is 12.3 Å². The van der Waals surface area contributed by atoms with E-state index in [1.165, 1.54) is 6.07 Å². The summed E-state index contributed by atoms with van der Waals surface area (Å²) in [5.41, 5.74) is 2.56. The zero-order valence-corrected chi connectivity index (χ0v) is 11.5. The number of nitrogens with one attached hydrogen (secondary N) is 2. The maximum absolute atomic E-state index is 13.7. The van der Waals surface area contributed by atoms with Crippen LogP contribution in [0, 0.1) is 5.82 Å². The first-order valence-electron chi connectivity index (χ1n) is 5.83. The third-order valence-electron chi connectivity index (χ3n) is 2.94. The van der Waals surface area contributed by atoms with Gasteiger partial charge in [0, 0.05) is 27.7 Å². The molecule has 0 spiro atoms. The van der Waals surface area contributed by atoms with E-state index in [0.717, 1.165) is 21.1 Å². The van der Waals surface area contributed by atoms with Crippen LogP contribution in [-0.4, -0.2) is 10.2 Å². The average molecular weight is 320 g/mol. The number of aromatic nitrogens is 2. The summed E-state index contributed by atoms with van der Waals surface area (Å²) in [6, 6.07) is 10.9. The van der Waals surface area contributed by atoms with Gasteiger partial charge in [0.25, 0.3) is 0 Å². The van der Waals surface area contributed by atoms with Crippen LogP contribution in [0.2, 0.25) is 0 Å². The molecule has 96 valence electrons. The first-order valence-corrected chi connectivity index (χ1v) is 6.62. The van der Waals surface area contributed by atoms with E-state index in [4.69, 9.17) is 0 Å². The third kappa shape index (κ3) is 2.61. The predicted molar refractivity (Wildman–Crippen MR) is 77.5 cm³/mol. The second-order valence-corrected chi connectivity index (χ2v) is 5.18. The van der Waals surface area contributed by atoms with E-state index >= 15 is 0 Å². The van der Waals surface area contributed by atoms with Gasteiger partial charge in [0.15, 0.2) is 0 Å². The minimum atomic E-state index is -0.216. The second-order valence-electron chi connectivity index (χ2n) is 4.26. The van der Waals surface area contributed by atoms with Crippen molar-refractivity contribution >= 4 is 32.5 Å². The van der Waals surface area contributed by atoms with Gasteiger partial charge in [0.2, 0.25) is 0 Å². The summed E-state index contributed by atoms with van der Waals surface area (Å²) in [6.45, 7) is 0.447. The number of halogens is 2. The highest BCUT2D eigenvalue weighted by Crippen LogP contribution is 2.19. The fraction of sp³-hybridized carbons (Fsp3) is 0.0714. The molecule has 3 rings (SSSR count). The van der Waals surface area contributed by atoms with E-state index in [9.17, 15) is 4.39 Å². The Bertz CT molecular complexity index is 724. The summed E-state index contributed by atoms with van der Waals surface area (Å²) < 4.78 is 14.4. The molecule has 0 atom stereocenters. The van der Waals surface area contributed by atoms with Crippen LogP contribution in [0.25, 0.3) is 10.9 Å². The molecule has 0 unspecified atom stereocenters. The van der Waals surface area contributed by atoms with Gasteiger partial charge in [-0.15, -0.1) is 0 Å². The smallest absolute Gasteiger partial charge is 0.129 e. The number of aromatic amines is 1. The van der Waals surface area contributed by atoms with Crippen molar-refractivity contribution in [3.05, 3.63) is 58.4 Å². The van der Waals surface area contributed by atoms with Crippen LogP contribution in [0.1, 0.15) is 5.56 Å². The van der Waals surface area contributed by atoms with Crippen molar-refractivity contribution in [1.82, 2.24) is 10.2 Å². The number of nitrogens with zero attached hydrogens (tertiary/aromatic N) is 1. The van der Waals surface area contributed by atoms with Gasteiger partial charge in [-0.25, -0.2) is 4.39 Å². The maximum Gasteiger partial charge on any atom is 0.129 e. The summed E-state index contributed by atoms with van der Waals surface area (Å²) in [5, 5.41) is 11.1. The molecule has 0 fully saturated rings. The summed E-state index contributed by atoms with van der Waals surface area (Å²) in [7, 11) is 0. The van der Waals surface area contributed by atoms with Gasteiger partial charge in [-0.2, -0.15) is 5.10 Å². The lowest BCUT2D eigenvalue weighted by Crippen LogP contribution is -2.01. The Morgan fingerprint density at radius 2 is 2.11 bits per heavy atom. The van der Waals surface area contributed by atoms with Crippen LogP contribution >= 0.6 is 15.9 Å². The quantitative estimate of drug-likeness (QED) is 0.763. The van der Waals surface area contributed by atoms with Crippen LogP contribution in [0.3, 0.4) is 0 Å². The Hall–Kier alpha value is -1.88. The number of benzene rings is 2. The standard InChI is InChI=1S/C14H11BrFN3/c15-11-2-1-9(13(16)6-11)7-17-12-3-4-14-10(5-12)8-18-19-14/h1-6,8,17H,7H2,(H,18,19). The zero-order chi connectivity index (χ0) is 13.2. The van der Waals surface area contributed by atoms with Gasteiger partial charge in [-0.1, -0.05) is 22.0 Å². The first-order chi connectivity index (χ1) is 9.22. The van der Waals surface area contributed by atoms with Crippen molar-refractivity contribution in [2.75, 3.05) is 5.32 Å². The topological polar surface area (TPSA) is 40.7 Å². The van der Waals surface area contributed by atoms with Crippen molar-refractivity contribution in [3.8, 4) is 0 Å².